The van der Waals surface area contributed by atoms with Crippen molar-refractivity contribution in [2.24, 2.45) is 22.7 Å². The average Bonchev–Trinajstić information content (AvgIpc) is 2.62. The Morgan fingerprint density at radius 1 is 1.17 bits per heavy atom. The van der Waals surface area contributed by atoms with Gasteiger partial charge in [0.05, 0.1) is 18.8 Å². The molecule has 29 heavy (non-hydrogen) atoms. The number of carbonyl (C=O) groups is 2. The first-order valence-corrected chi connectivity index (χ1v) is 10.6. The van der Waals surface area contributed by atoms with Crippen LogP contribution in [0.3, 0.4) is 0 Å². The third-order valence-corrected chi connectivity index (χ3v) is 7.88. The maximum Gasteiger partial charge on any atom is 0.330 e. The molecule has 0 radical (unpaired) electrons. The van der Waals surface area contributed by atoms with Crippen LogP contribution < -0.4 is 0 Å². The maximum atomic E-state index is 12.0. The number of rotatable bonds is 5. The Balaban J connectivity index is 2.39. The zero-order valence-corrected chi connectivity index (χ0v) is 18.9. The molecule has 6 atom stereocenters. The minimum absolute atomic E-state index is 0.0543. The third-order valence-electron chi connectivity index (χ3n) is 7.88. The van der Waals surface area contributed by atoms with Crippen LogP contribution in [0.2, 0.25) is 0 Å². The molecule has 0 aliphatic heterocycles. The van der Waals surface area contributed by atoms with E-state index in [1.54, 1.807) is 0 Å². The van der Waals surface area contributed by atoms with Crippen molar-refractivity contribution in [3.63, 3.8) is 0 Å². The molecule has 2 N–H and O–H groups in total. The van der Waals surface area contributed by atoms with Gasteiger partial charge < -0.3 is 19.7 Å². The molecule has 2 aliphatic carbocycles. The van der Waals surface area contributed by atoms with E-state index in [-0.39, 0.29) is 11.8 Å². The van der Waals surface area contributed by atoms with Crippen LogP contribution in [-0.4, -0.2) is 47.1 Å². The largest absolute Gasteiger partial charge is 0.466 e. The molecule has 0 unspecified atom stereocenters. The summed E-state index contributed by atoms with van der Waals surface area (Å²) in [5, 5.41) is 23.0. The molecule has 166 valence electrons. The van der Waals surface area contributed by atoms with Crippen molar-refractivity contribution < 1.29 is 29.3 Å². The highest BCUT2D eigenvalue weighted by Crippen LogP contribution is 2.64. The van der Waals surface area contributed by atoms with E-state index in [9.17, 15) is 19.8 Å². The number of methoxy groups -OCH3 is 1. The molecule has 6 nitrogen and oxygen atoms in total. The number of hydrogen-bond donors (Lipinski definition) is 2. The Hall–Kier alpha value is -1.40. The van der Waals surface area contributed by atoms with E-state index < -0.39 is 40.6 Å². The molecule has 0 aromatic carbocycles. The highest BCUT2D eigenvalue weighted by molar-refractivity contribution is 5.82. The number of ether oxygens (including phenoxy) is 2. The van der Waals surface area contributed by atoms with Gasteiger partial charge in [-0.1, -0.05) is 33.3 Å². The van der Waals surface area contributed by atoms with Gasteiger partial charge in [-0.25, -0.2) is 4.79 Å². The molecule has 0 spiro atoms. The monoisotopic (exact) mass is 410 g/mol. The molecular formula is C23H38O6. The summed E-state index contributed by atoms with van der Waals surface area (Å²) >= 11 is 0. The first-order chi connectivity index (χ1) is 13.3. The quantitative estimate of drug-likeness (QED) is 0.533. The molecule has 0 bridgehead atoms. The van der Waals surface area contributed by atoms with Crippen molar-refractivity contribution in [3.8, 4) is 0 Å². The standard InChI is InChI=1S/C23H38O6/c1-14(12-19(25)28-7)10-11-23(27)15(2)8-9-18-21(4,5)20(26)17(29-16(3)24)13-22(18,23)6/h12,15,17-18,20,26-27H,8-11,13H2,1-7H3/b14-12+/t15-,17-,18+,20-,22+,23+/m1/s1. The summed E-state index contributed by atoms with van der Waals surface area (Å²) in [6, 6.07) is 0. The summed E-state index contributed by atoms with van der Waals surface area (Å²) in [6.07, 6.45) is 3.31. The smallest absolute Gasteiger partial charge is 0.330 e. The van der Waals surface area contributed by atoms with Gasteiger partial charge in [-0.3, -0.25) is 4.79 Å². The molecule has 2 rings (SSSR count). The Labute approximate surface area is 174 Å². The van der Waals surface area contributed by atoms with E-state index in [4.69, 9.17) is 9.47 Å². The lowest BCUT2D eigenvalue weighted by molar-refractivity contribution is -0.260. The van der Waals surface area contributed by atoms with E-state index in [0.717, 1.165) is 18.4 Å². The molecule has 0 aromatic heterocycles. The molecule has 6 heteroatoms. The minimum Gasteiger partial charge on any atom is -0.466 e. The van der Waals surface area contributed by atoms with Gasteiger partial charge in [0.1, 0.15) is 6.10 Å². The normalized spacial score (nSPS) is 39.4. The number of aliphatic hydroxyl groups excluding tert-OH is 1. The minimum atomic E-state index is -1.00. The second-order valence-corrected chi connectivity index (χ2v) is 10.0. The molecule has 0 heterocycles. The van der Waals surface area contributed by atoms with Crippen molar-refractivity contribution >= 4 is 11.9 Å². The van der Waals surface area contributed by atoms with Crippen molar-refractivity contribution in [1.82, 2.24) is 0 Å². The lowest BCUT2D eigenvalue weighted by Crippen LogP contribution is -2.68. The van der Waals surface area contributed by atoms with Crippen molar-refractivity contribution in [1.29, 1.82) is 0 Å². The van der Waals surface area contributed by atoms with E-state index >= 15 is 0 Å². The second-order valence-electron chi connectivity index (χ2n) is 10.0. The predicted molar refractivity (Wildman–Crippen MR) is 110 cm³/mol. The third kappa shape index (κ3) is 4.24. The summed E-state index contributed by atoms with van der Waals surface area (Å²) in [5.74, 6) is -0.676. The Bertz CT molecular complexity index is 668. The molecule has 2 aliphatic rings. The van der Waals surface area contributed by atoms with Crippen molar-refractivity contribution in [2.75, 3.05) is 7.11 Å². The van der Waals surface area contributed by atoms with Crippen LogP contribution in [0.15, 0.2) is 11.6 Å². The van der Waals surface area contributed by atoms with Gasteiger partial charge in [0.25, 0.3) is 0 Å². The fourth-order valence-corrected chi connectivity index (χ4v) is 6.14. The SMILES string of the molecule is COC(=O)/C=C(\C)CC[C@]1(O)[C@H](C)CC[C@H]2C(C)(C)[C@H](O)[C@H](OC(C)=O)C[C@@]21C. The molecular weight excluding hydrogens is 372 g/mol. The zero-order valence-electron chi connectivity index (χ0n) is 18.9. The van der Waals surface area contributed by atoms with Gasteiger partial charge in [0.2, 0.25) is 0 Å². The van der Waals surface area contributed by atoms with Gasteiger partial charge in [-0.15, -0.1) is 0 Å². The van der Waals surface area contributed by atoms with Crippen LogP contribution in [0, 0.1) is 22.7 Å². The lowest BCUT2D eigenvalue weighted by atomic mass is 9.43. The Kier molecular flexibility index (Phi) is 6.90. The van der Waals surface area contributed by atoms with Crippen LogP contribution in [0.1, 0.15) is 73.6 Å². The summed E-state index contributed by atoms with van der Waals surface area (Å²) < 4.78 is 10.2. The number of fused-ring (bicyclic) bond motifs is 1. The number of hydrogen-bond acceptors (Lipinski definition) is 6. The van der Waals surface area contributed by atoms with Gasteiger partial charge in [-0.05, 0) is 56.3 Å². The second kappa shape index (κ2) is 8.38. The van der Waals surface area contributed by atoms with E-state index in [1.165, 1.54) is 20.1 Å². The number of carbonyl (C=O) groups excluding carboxylic acids is 2. The summed E-state index contributed by atoms with van der Waals surface area (Å²) in [5.41, 5.74) is -1.18. The molecule has 0 aromatic rings. The topological polar surface area (TPSA) is 93.1 Å². The lowest BCUT2D eigenvalue weighted by Gasteiger charge is -2.65. The average molecular weight is 411 g/mol. The van der Waals surface area contributed by atoms with Gasteiger partial charge >= 0.3 is 11.9 Å². The summed E-state index contributed by atoms with van der Waals surface area (Å²) in [4.78, 5) is 23.2. The zero-order chi connectivity index (χ0) is 22.2. The Morgan fingerprint density at radius 3 is 2.34 bits per heavy atom. The van der Waals surface area contributed by atoms with Gasteiger partial charge in [0, 0.05) is 18.4 Å². The maximum absolute atomic E-state index is 12.0. The van der Waals surface area contributed by atoms with Crippen LogP contribution >= 0.6 is 0 Å². The molecule has 0 saturated heterocycles. The summed E-state index contributed by atoms with van der Waals surface area (Å²) in [6.45, 7) is 11.4. The van der Waals surface area contributed by atoms with E-state index in [2.05, 4.69) is 13.8 Å². The fourth-order valence-electron chi connectivity index (χ4n) is 6.14. The first kappa shape index (κ1) is 23.9. The van der Waals surface area contributed by atoms with Crippen LogP contribution in [-0.2, 0) is 19.1 Å². The first-order valence-electron chi connectivity index (χ1n) is 10.6. The van der Waals surface area contributed by atoms with E-state index in [0.29, 0.717) is 19.3 Å². The molecule has 2 fully saturated rings. The van der Waals surface area contributed by atoms with Gasteiger partial charge in [0.15, 0.2) is 0 Å². The van der Waals surface area contributed by atoms with E-state index in [1.807, 2.05) is 20.8 Å². The summed E-state index contributed by atoms with van der Waals surface area (Å²) in [7, 11) is 1.35. The molecule has 2 saturated carbocycles. The molecule has 0 amide bonds. The highest BCUT2D eigenvalue weighted by atomic mass is 16.6. The van der Waals surface area contributed by atoms with Crippen molar-refractivity contribution in [3.05, 3.63) is 11.6 Å². The highest BCUT2D eigenvalue weighted by Gasteiger charge is 2.65. The number of aliphatic hydroxyl groups is 2. The Morgan fingerprint density at radius 2 is 1.79 bits per heavy atom. The number of allylic oxidation sites excluding steroid dienone is 1. The predicted octanol–water partition coefficient (Wildman–Crippen LogP) is 3.39. The van der Waals surface area contributed by atoms with Gasteiger partial charge in [-0.2, -0.15) is 0 Å². The van der Waals surface area contributed by atoms with Crippen LogP contribution in [0.4, 0.5) is 0 Å². The van der Waals surface area contributed by atoms with Crippen LogP contribution in [0.5, 0.6) is 0 Å². The van der Waals surface area contributed by atoms with Crippen molar-refractivity contribution in [2.45, 2.75) is 91.5 Å². The van der Waals surface area contributed by atoms with Crippen LogP contribution in [0.25, 0.3) is 0 Å². The number of esters is 2. The fraction of sp³-hybridized carbons (Fsp3) is 0.826.